The fourth-order valence-corrected chi connectivity index (χ4v) is 3.31. The van der Waals surface area contributed by atoms with Crippen molar-refractivity contribution in [3.8, 4) is 0 Å². The molecule has 0 unspecified atom stereocenters. The van der Waals surface area contributed by atoms with Crippen LogP contribution in [0.2, 0.25) is 5.02 Å². The van der Waals surface area contributed by atoms with Crippen molar-refractivity contribution >= 4 is 23.3 Å². The van der Waals surface area contributed by atoms with Crippen LogP contribution in [0.1, 0.15) is 25.3 Å². The number of hydrogen-bond acceptors (Lipinski definition) is 3. The van der Waals surface area contributed by atoms with E-state index in [2.05, 4.69) is 17.0 Å². The minimum absolute atomic E-state index is 0.386. The van der Waals surface area contributed by atoms with Crippen molar-refractivity contribution in [3.63, 3.8) is 0 Å². The summed E-state index contributed by atoms with van der Waals surface area (Å²) in [6.45, 7) is 5.11. The first-order chi connectivity index (χ1) is 11.0. The molecule has 2 rings (SSSR count). The smallest absolute Gasteiger partial charge is 0.289 e. The largest absolute Gasteiger partial charge is 0.339 e. The lowest BCUT2D eigenvalue weighted by atomic mass is 9.97. The Kier molecular flexibility index (Phi) is 6.60. The van der Waals surface area contributed by atoms with Gasteiger partial charge in [-0.1, -0.05) is 23.7 Å². The van der Waals surface area contributed by atoms with Crippen molar-refractivity contribution in [1.82, 2.24) is 9.80 Å². The number of Topliss-reactive ketones (excluding diaryl/α,β-unsaturated/α-hetero) is 1. The predicted octanol–water partition coefficient (Wildman–Crippen LogP) is 2.64. The average molecular weight is 337 g/mol. The Morgan fingerprint density at radius 2 is 2.00 bits per heavy atom. The molecular weight excluding hydrogens is 312 g/mol. The number of likely N-dealkylation sites (tertiary alicyclic amines) is 1. The summed E-state index contributed by atoms with van der Waals surface area (Å²) in [6.07, 6.45) is 3.27. The van der Waals surface area contributed by atoms with Gasteiger partial charge >= 0.3 is 0 Å². The van der Waals surface area contributed by atoms with Gasteiger partial charge in [-0.25, -0.2) is 0 Å². The van der Waals surface area contributed by atoms with Gasteiger partial charge in [0.25, 0.3) is 5.91 Å². The first kappa shape index (κ1) is 18.0. The van der Waals surface area contributed by atoms with Gasteiger partial charge in [-0.15, -0.1) is 0 Å². The summed E-state index contributed by atoms with van der Waals surface area (Å²) in [5.41, 5.74) is 1.29. The molecule has 1 saturated heterocycles. The molecule has 1 aliphatic heterocycles. The van der Waals surface area contributed by atoms with Gasteiger partial charge in [0.1, 0.15) is 0 Å². The number of carbonyl (C=O) groups is 2. The van der Waals surface area contributed by atoms with Gasteiger partial charge in [0.15, 0.2) is 0 Å². The maximum absolute atomic E-state index is 11.7. The van der Waals surface area contributed by atoms with Crippen LogP contribution in [0, 0.1) is 5.92 Å². The zero-order valence-corrected chi connectivity index (χ0v) is 14.7. The van der Waals surface area contributed by atoms with E-state index in [1.165, 1.54) is 12.5 Å². The highest BCUT2D eigenvalue weighted by molar-refractivity contribution is 6.35. The van der Waals surface area contributed by atoms with Gasteiger partial charge in [-0.3, -0.25) is 9.59 Å². The third kappa shape index (κ3) is 5.63. The van der Waals surface area contributed by atoms with Crippen LogP contribution >= 0.6 is 11.6 Å². The third-order valence-electron chi connectivity index (χ3n) is 4.41. The molecule has 0 radical (unpaired) electrons. The Labute approximate surface area is 143 Å². The maximum Gasteiger partial charge on any atom is 0.289 e. The second kappa shape index (κ2) is 8.46. The lowest BCUT2D eigenvalue weighted by Gasteiger charge is -2.34. The molecule has 1 aromatic rings. The van der Waals surface area contributed by atoms with Crippen LogP contribution in [0.3, 0.4) is 0 Å². The van der Waals surface area contributed by atoms with Gasteiger partial charge in [-0.05, 0) is 49.4 Å². The molecule has 0 aliphatic carbocycles. The molecule has 126 valence electrons. The third-order valence-corrected chi connectivity index (χ3v) is 4.66. The normalized spacial score (nSPS) is 18.7. The molecular formula is C18H25ClN2O2. The van der Waals surface area contributed by atoms with Crippen molar-refractivity contribution in [1.29, 1.82) is 0 Å². The number of carbonyl (C=O) groups excluding carboxylic acids is 2. The second-order valence-corrected chi connectivity index (χ2v) is 6.86. The van der Waals surface area contributed by atoms with E-state index in [9.17, 15) is 9.59 Å². The monoisotopic (exact) mass is 336 g/mol. The van der Waals surface area contributed by atoms with Crippen molar-refractivity contribution < 1.29 is 9.59 Å². The average Bonchev–Trinajstić information content (AvgIpc) is 2.54. The highest BCUT2D eigenvalue weighted by Gasteiger charge is 2.23. The summed E-state index contributed by atoms with van der Waals surface area (Å²) in [5, 5.41) is 0.768. The van der Waals surface area contributed by atoms with Crippen LogP contribution in [-0.4, -0.2) is 54.7 Å². The van der Waals surface area contributed by atoms with Gasteiger partial charge < -0.3 is 9.80 Å². The fourth-order valence-electron chi connectivity index (χ4n) is 3.18. The summed E-state index contributed by atoms with van der Waals surface area (Å²) < 4.78 is 0. The molecule has 1 aromatic carbocycles. The number of nitrogens with zero attached hydrogens (tertiary/aromatic N) is 2. The molecule has 0 saturated carbocycles. The highest BCUT2D eigenvalue weighted by Crippen LogP contribution is 2.18. The molecule has 0 bridgehead atoms. The van der Waals surface area contributed by atoms with E-state index in [0.717, 1.165) is 43.9 Å². The Morgan fingerprint density at radius 3 is 2.65 bits per heavy atom. The van der Waals surface area contributed by atoms with E-state index in [1.54, 1.807) is 11.9 Å². The molecule has 1 fully saturated rings. The molecule has 23 heavy (non-hydrogen) atoms. The first-order valence-electron chi connectivity index (χ1n) is 8.18. The number of amides is 1. The van der Waals surface area contributed by atoms with Crippen molar-refractivity contribution in [2.24, 2.45) is 5.92 Å². The molecule has 5 heteroatoms. The van der Waals surface area contributed by atoms with Crippen LogP contribution in [0.25, 0.3) is 0 Å². The zero-order chi connectivity index (χ0) is 16.8. The molecule has 1 amide bonds. The molecule has 0 aromatic heterocycles. The Balaban J connectivity index is 1.80. The lowest BCUT2D eigenvalue weighted by molar-refractivity contribution is -0.143. The molecule has 1 aliphatic rings. The topological polar surface area (TPSA) is 40.6 Å². The van der Waals surface area contributed by atoms with E-state index in [0.29, 0.717) is 12.5 Å². The van der Waals surface area contributed by atoms with Crippen LogP contribution in [0.4, 0.5) is 0 Å². The van der Waals surface area contributed by atoms with Crippen molar-refractivity contribution in [3.05, 3.63) is 34.9 Å². The second-order valence-electron chi connectivity index (χ2n) is 6.43. The summed E-state index contributed by atoms with van der Waals surface area (Å²) >= 11 is 5.91. The molecule has 1 heterocycles. The van der Waals surface area contributed by atoms with Gasteiger partial charge in [0.2, 0.25) is 5.78 Å². The van der Waals surface area contributed by atoms with Crippen molar-refractivity contribution in [2.45, 2.75) is 26.2 Å². The lowest BCUT2D eigenvalue weighted by Crippen LogP contribution is -2.43. The minimum Gasteiger partial charge on any atom is -0.339 e. The van der Waals surface area contributed by atoms with E-state index in [-0.39, 0.29) is 11.7 Å². The van der Waals surface area contributed by atoms with E-state index in [4.69, 9.17) is 11.6 Å². The molecule has 0 spiro atoms. The predicted molar refractivity (Wildman–Crippen MR) is 92.6 cm³/mol. The Bertz CT molecular complexity index is 544. The summed E-state index contributed by atoms with van der Waals surface area (Å²) in [5.74, 6) is -0.326. The van der Waals surface area contributed by atoms with E-state index < -0.39 is 0 Å². The van der Waals surface area contributed by atoms with Crippen LogP contribution in [-0.2, 0) is 16.0 Å². The van der Waals surface area contributed by atoms with Crippen LogP contribution < -0.4 is 0 Å². The van der Waals surface area contributed by atoms with E-state index >= 15 is 0 Å². The van der Waals surface area contributed by atoms with Crippen molar-refractivity contribution in [2.75, 3.05) is 33.2 Å². The number of halogens is 1. The number of likely N-dealkylation sites (N-methyl/N-ethyl adjacent to an activating group) is 1. The maximum atomic E-state index is 11.7. The number of ketones is 1. The van der Waals surface area contributed by atoms with E-state index in [1.807, 2.05) is 12.1 Å². The standard InChI is InChI=1S/C18H25ClN2O2/c1-14(22)18(23)20(2)12-16-4-3-10-21(13-16)11-9-15-5-7-17(19)8-6-15/h5-8,16H,3-4,9-13H2,1-2H3/t16-/m0/s1. The number of rotatable bonds is 6. The minimum atomic E-state index is -0.386. The van der Waals surface area contributed by atoms with Gasteiger partial charge in [-0.2, -0.15) is 0 Å². The quantitative estimate of drug-likeness (QED) is 0.750. The van der Waals surface area contributed by atoms with Crippen LogP contribution in [0.5, 0.6) is 0 Å². The Hall–Kier alpha value is -1.39. The number of piperidine rings is 1. The number of benzene rings is 1. The highest BCUT2D eigenvalue weighted by atomic mass is 35.5. The molecule has 1 atom stereocenters. The molecule has 4 nitrogen and oxygen atoms in total. The van der Waals surface area contributed by atoms with Crippen LogP contribution in [0.15, 0.2) is 24.3 Å². The molecule has 0 N–H and O–H groups in total. The first-order valence-corrected chi connectivity index (χ1v) is 8.56. The summed E-state index contributed by atoms with van der Waals surface area (Å²) in [4.78, 5) is 26.9. The SMILES string of the molecule is CC(=O)C(=O)N(C)C[C@@H]1CCCN(CCc2ccc(Cl)cc2)C1. The van der Waals surface area contributed by atoms with Gasteiger partial charge in [0.05, 0.1) is 0 Å². The summed E-state index contributed by atoms with van der Waals surface area (Å²) in [6, 6.07) is 8.00. The van der Waals surface area contributed by atoms with Gasteiger partial charge in [0, 0.05) is 38.6 Å². The Morgan fingerprint density at radius 1 is 1.30 bits per heavy atom. The summed E-state index contributed by atoms with van der Waals surface area (Å²) in [7, 11) is 1.72. The fraction of sp³-hybridized carbons (Fsp3) is 0.556. The number of hydrogen-bond donors (Lipinski definition) is 0. The zero-order valence-electron chi connectivity index (χ0n) is 13.9.